The van der Waals surface area contributed by atoms with Gasteiger partial charge in [-0.15, -0.1) is 12.3 Å². The fraction of sp³-hybridized carbons (Fsp3) is 0.308. The van der Waals surface area contributed by atoms with Gasteiger partial charge in [-0.05, 0) is 5.56 Å². The molecular formula is C13H16N2O. The molecule has 1 aromatic rings. The SMILES string of the molecule is C#CCCNC(=O)C(CN)c1ccccc1. The van der Waals surface area contributed by atoms with Gasteiger partial charge in [0, 0.05) is 19.5 Å². The monoisotopic (exact) mass is 216 g/mol. The van der Waals surface area contributed by atoms with Crippen LogP contribution >= 0.6 is 0 Å². The van der Waals surface area contributed by atoms with Crippen molar-refractivity contribution in [1.29, 1.82) is 0 Å². The minimum atomic E-state index is -0.293. The summed E-state index contributed by atoms with van der Waals surface area (Å²) in [6.07, 6.45) is 5.65. The molecule has 3 N–H and O–H groups in total. The van der Waals surface area contributed by atoms with E-state index in [9.17, 15) is 4.79 Å². The topological polar surface area (TPSA) is 55.1 Å². The van der Waals surface area contributed by atoms with Crippen LogP contribution in [-0.4, -0.2) is 19.0 Å². The van der Waals surface area contributed by atoms with Crippen LogP contribution in [0.1, 0.15) is 17.9 Å². The van der Waals surface area contributed by atoms with Crippen LogP contribution in [0.2, 0.25) is 0 Å². The molecule has 0 aromatic heterocycles. The van der Waals surface area contributed by atoms with Crippen LogP contribution < -0.4 is 11.1 Å². The quantitative estimate of drug-likeness (QED) is 0.567. The first-order chi connectivity index (χ1) is 7.79. The number of benzene rings is 1. The Morgan fingerprint density at radius 3 is 2.69 bits per heavy atom. The lowest BCUT2D eigenvalue weighted by atomic mass is 9.98. The summed E-state index contributed by atoms with van der Waals surface area (Å²) in [5.41, 5.74) is 6.54. The van der Waals surface area contributed by atoms with Crippen LogP contribution in [0.5, 0.6) is 0 Å². The Bertz CT molecular complexity index is 367. The molecule has 1 atom stereocenters. The molecular weight excluding hydrogens is 200 g/mol. The first-order valence-corrected chi connectivity index (χ1v) is 5.25. The van der Waals surface area contributed by atoms with Gasteiger partial charge in [-0.1, -0.05) is 30.3 Å². The third-order valence-corrected chi connectivity index (χ3v) is 2.32. The molecule has 3 heteroatoms. The van der Waals surface area contributed by atoms with E-state index in [4.69, 9.17) is 12.2 Å². The van der Waals surface area contributed by atoms with Crippen molar-refractivity contribution in [3.05, 3.63) is 35.9 Å². The number of amides is 1. The molecule has 84 valence electrons. The highest BCUT2D eigenvalue weighted by atomic mass is 16.1. The van der Waals surface area contributed by atoms with Crippen molar-refractivity contribution >= 4 is 5.91 Å². The molecule has 0 saturated heterocycles. The highest BCUT2D eigenvalue weighted by Gasteiger charge is 2.17. The van der Waals surface area contributed by atoms with Gasteiger partial charge in [0.25, 0.3) is 0 Å². The van der Waals surface area contributed by atoms with Gasteiger partial charge in [0.2, 0.25) is 5.91 Å². The molecule has 0 saturated carbocycles. The van der Waals surface area contributed by atoms with Gasteiger partial charge in [0.05, 0.1) is 5.92 Å². The van der Waals surface area contributed by atoms with E-state index in [0.717, 1.165) is 5.56 Å². The lowest BCUT2D eigenvalue weighted by Crippen LogP contribution is -2.33. The van der Waals surface area contributed by atoms with Crippen LogP contribution in [0.15, 0.2) is 30.3 Å². The number of hydrogen-bond acceptors (Lipinski definition) is 2. The Labute approximate surface area is 96.0 Å². The van der Waals surface area contributed by atoms with Crippen molar-refractivity contribution in [2.75, 3.05) is 13.1 Å². The minimum absolute atomic E-state index is 0.0658. The number of carbonyl (C=O) groups is 1. The van der Waals surface area contributed by atoms with E-state index in [1.165, 1.54) is 0 Å². The van der Waals surface area contributed by atoms with E-state index in [1.54, 1.807) is 0 Å². The number of nitrogens with one attached hydrogen (secondary N) is 1. The van der Waals surface area contributed by atoms with Crippen molar-refractivity contribution in [3.63, 3.8) is 0 Å². The first-order valence-electron chi connectivity index (χ1n) is 5.25. The largest absolute Gasteiger partial charge is 0.355 e. The third-order valence-electron chi connectivity index (χ3n) is 2.32. The molecule has 0 heterocycles. The molecule has 1 aromatic carbocycles. The highest BCUT2D eigenvalue weighted by Crippen LogP contribution is 2.13. The zero-order valence-electron chi connectivity index (χ0n) is 9.15. The number of nitrogens with two attached hydrogens (primary N) is 1. The number of carbonyl (C=O) groups excluding carboxylic acids is 1. The molecule has 0 spiro atoms. The van der Waals surface area contributed by atoms with Gasteiger partial charge in [-0.2, -0.15) is 0 Å². The maximum Gasteiger partial charge on any atom is 0.228 e. The molecule has 1 amide bonds. The van der Waals surface area contributed by atoms with Crippen molar-refractivity contribution in [3.8, 4) is 12.3 Å². The van der Waals surface area contributed by atoms with Gasteiger partial charge >= 0.3 is 0 Å². The van der Waals surface area contributed by atoms with Crippen LogP contribution in [0.4, 0.5) is 0 Å². The summed E-state index contributed by atoms with van der Waals surface area (Å²) in [5, 5.41) is 2.77. The summed E-state index contributed by atoms with van der Waals surface area (Å²) < 4.78 is 0. The molecule has 1 unspecified atom stereocenters. The zero-order valence-corrected chi connectivity index (χ0v) is 9.15. The van der Waals surface area contributed by atoms with Crippen molar-refractivity contribution in [2.24, 2.45) is 5.73 Å². The smallest absolute Gasteiger partial charge is 0.228 e. The van der Waals surface area contributed by atoms with Crippen molar-refractivity contribution in [2.45, 2.75) is 12.3 Å². The standard InChI is InChI=1S/C13H16N2O/c1-2-3-9-15-13(16)12(10-14)11-7-5-4-6-8-11/h1,4-8,12H,3,9-10,14H2,(H,15,16). The molecule has 1 rings (SSSR count). The lowest BCUT2D eigenvalue weighted by molar-refractivity contribution is -0.122. The summed E-state index contributed by atoms with van der Waals surface area (Å²) >= 11 is 0. The maximum atomic E-state index is 11.8. The summed E-state index contributed by atoms with van der Waals surface area (Å²) in [5.74, 6) is 2.12. The third kappa shape index (κ3) is 3.41. The Morgan fingerprint density at radius 2 is 2.12 bits per heavy atom. The van der Waals surface area contributed by atoms with Gasteiger partial charge in [0.15, 0.2) is 0 Å². The fourth-order valence-corrected chi connectivity index (χ4v) is 1.46. The van der Waals surface area contributed by atoms with E-state index in [0.29, 0.717) is 19.5 Å². The summed E-state index contributed by atoms with van der Waals surface area (Å²) in [6.45, 7) is 0.796. The second-order valence-corrected chi connectivity index (χ2v) is 3.44. The van der Waals surface area contributed by atoms with E-state index >= 15 is 0 Å². The maximum absolute atomic E-state index is 11.8. The average Bonchev–Trinajstić information content (AvgIpc) is 2.32. The Morgan fingerprint density at radius 1 is 1.44 bits per heavy atom. The van der Waals surface area contributed by atoms with Crippen LogP contribution in [0.3, 0.4) is 0 Å². The van der Waals surface area contributed by atoms with Gasteiger partial charge in [0.1, 0.15) is 0 Å². The Kier molecular flexibility index (Phi) is 5.10. The number of hydrogen-bond donors (Lipinski definition) is 2. The molecule has 0 bridgehead atoms. The Hall–Kier alpha value is -1.79. The summed E-state index contributed by atoms with van der Waals surface area (Å²) in [6, 6.07) is 9.50. The summed E-state index contributed by atoms with van der Waals surface area (Å²) in [7, 11) is 0. The number of terminal acetylenes is 1. The zero-order chi connectivity index (χ0) is 11.8. The highest BCUT2D eigenvalue weighted by molar-refractivity contribution is 5.83. The molecule has 0 aliphatic carbocycles. The Balaban J connectivity index is 2.61. The molecule has 16 heavy (non-hydrogen) atoms. The molecule has 0 fully saturated rings. The van der Waals surface area contributed by atoms with Crippen molar-refractivity contribution < 1.29 is 4.79 Å². The lowest BCUT2D eigenvalue weighted by Gasteiger charge is -2.14. The fourth-order valence-electron chi connectivity index (χ4n) is 1.46. The minimum Gasteiger partial charge on any atom is -0.355 e. The van der Waals surface area contributed by atoms with Gasteiger partial charge in [-0.3, -0.25) is 4.79 Å². The van der Waals surface area contributed by atoms with Crippen LogP contribution in [0.25, 0.3) is 0 Å². The van der Waals surface area contributed by atoms with E-state index in [1.807, 2.05) is 30.3 Å². The normalized spacial score (nSPS) is 11.5. The van der Waals surface area contributed by atoms with Crippen LogP contribution in [0, 0.1) is 12.3 Å². The number of rotatable bonds is 5. The molecule has 0 radical (unpaired) electrons. The van der Waals surface area contributed by atoms with E-state index in [-0.39, 0.29) is 11.8 Å². The average molecular weight is 216 g/mol. The van der Waals surface area contributed by atoms with Gasteiger partial charge < -0.3 is 11.1 Å². The van der Waals surface area contributed by atoms with Crippen LogP contribution in [-0.2, 0) is 4.79 Å². The van der Waals surface area contributed by atoms with E-state index in [2.05, 4.69) is 11.2 Å². The molecule has 0 aliphatic rings. The molecule has 3 nitrogen and oxygen atoms in total. The molecule has 0 aliphatic heterocycles. The predicted molar refractivity (Wildman–Crippen MR) is 64.7 cm³/mol. The predicted octanol–water partition coefficient (Wildman–Crippen LogP) is 0.868. The van der Waals surface area contributed by atoms with Gasteiger partial charge in [-0.25, -0.2) is 0 Å². The second-order valence-electron chi connectivity index (χ2n) is 3.44. The summed E-state index contributed by atoms with van der Waals surface area (Å²) in [4.78, 5) is 11.8. The van der Waals surface area contributed by atoms with E-state index < -0.39 is 0 Å². The second kappa shape index (κ2) is 6.65. The van der Waals surface area contributed by atoms with Crippen molar-refractivity contribution in [1.82, 2.24) is 5.32 Å². The first kappa shape index (κ1) is 12.3.